The first-order valence-electron chi connectivity index (χ1n) is 6.41. The van der Waals surface area contributed by atoms with Crippen LogP contribution in [-0.2, 0) is 0 Å². The van der Waals surface area contributed by atoms with Crippen molar-refractivity contribution in [1.29, 1.82) is 0 Å². The predicted molar refractivity (Wildman–Crippen MR) is 75.3 cm³/mol. The number of hydrogen-bond acceptors (Lipinski definition) is 1. The minimum absolute atomic E-state index is 0.0874. The summed E-state index contributed by atoms with van der Waals surface area (Å²) in [4.78, 5) is 0. The van der Waals surface area contributed by atoms with E-state index in [2.05, 4.69) is 6.58 Å². The summed E-state index contributed by atoms with van der Waals surface area (Å²) in [6.07, 6.45) is 1.42. The van der Waals surface area contributed by atoms with Crippen molar-refractivity contribution in [2.45, 2.75) is 18.4 Å². The molecule has 2 rings (SSSR count). The highest BCUT2D eigenvalue weighted by Gasteiger charge is 2.15. The van der Waals surface area contributed by atoms with E-state index in [0.717, 1.165) is 5.56 Å². The topological polar surface area (TPSA) is 20.2 Å². The van der Waals surface area contributed by atoms with Gasteiger partial charge in [0.15, 0.2) is 0 Å². The quantitative estimate of drug-likeness (QED) is 0.803. The minimum atomic E-state index is -0.719. The third-order valence-electron chi connectivity index (χ3n) is 3.31. The Balaban J connectivity index is 2.11. The molecule has 104 valence electrons. The molecule has 0 bridgehead atoms. The van der Waals surface area contributed by atoms with E-state index < -0.39 is 6.10 Å². The smallest absolute Gasteiger partial charge is 0.123 e. The van der Waals surface area contributed by atoms with Gasteiger partial charge >= 0.3 is 0 Å². The van der Waals surface area contributed by atoms with Crippen molar-refractivity contribution in [1.82, 2.24) is 0 Å². The molecule has 2 aromatic carbocycles. The molecule has 0 aliphatic heterocycles. The molecule has 0 amide bonds. The molecule has 0 aliphatic rings. The summed E-state index contributed by atoms with van der Waals surface area (Å²) in [7, 11) is 0. The van der Waals surface area contributed by atoms with Crippen molar-refractivity contribution in [3.05, 3.63) is 83.9 Å². The molecule has 0 heterocycles. The number of halogens is 2. The molecule has 0 unspecified atom stereocenters. The number of hydrogen-bond donors (Lipinski definition) is 1. The van der Waals surface area contributed by atoms with Gasteiger partial charge in [0.2, 0.25) is 0 Å². The average Bonchev–Trinajstić information content (AvgIpc) is 2.46. The Bertz CT molecular complexity index is 561. The van der Waals surface area contributed by atoms with E-state index in [1.54, 1.807) is 30.3 Å². The Labute approximate surface area is 117 Å². The van der Waals surface area contributed by atoms with Crippen LogP contribution in [0, 0.1) is 11.6 Å². The van der Waals surface area contributed by atoms with E-state index in [-0.39, 0.29) is 17.6 Å². The van der Waals surface area contributed by atoms with E-state index in [1.165, 1.54) is 24.3 Å². The largest absolute Gasteiger partial charge is 0.388 e. The summed E-state index contributed by atoms with van der Waals surface area (Å²) in [5.41, 5.74) is 1.54. The fraction of sp³-hybridized carbons (Fsp3) is 0.176. The zero-order chi connectivity index (χ0) is 14.5. The molecule has 1 N–H and O–H groups in total. The van der Waals surface area contributed by atoms with Gasteiger partial charge in [0.25, 0.3) is 0 Å². The molecule has 2 aromatic rings. The van der Waals surface area contributed by atoms with E-state index in [1.807, 2.05) is 0 Å². The molecule has 2 atom stereocenters. The molecule has 0 saturated carbocycles. The van der Waals surface area contributed by atoms with Crippen LogP contribution in [-0.4, -0.2) is 5.11 Å². The Morgan fingerprint density at radius 2 is 1.35 bits per heavy atom. The molecular weight excluding hydrogens is 258 g/mol. The minimum Gasteiger partial charge on any atom is -0.388 e. The van der Waals surface area contributed by atoms with Gasteiger partial charge in [0, 0.05) is 5.92 Å². The van der Waals surface area contributed by atoms with E-state index in [0.29, 0.717) is 12.0 Å². The van der Waals surface area contributed by atoms with Crippen molar-refractivity contribution in [3.8, 4) is 0 Å². The van der Waals surface area contributed by atoms with Crippen molar-refractivity contribution in [2.75, 3.05) is 0 Å². The molecule has 1 nitrogen and oxygen atoms in total. The highest BCUT2D eigenvalue weighted by atomic mass is 19.1. The normalized spacial score (nSPS) is 13.8. The average molecular weight is 274 g/mol. The van der Waals surface area contributed by atoms with Crippen LogP contribution in [0.5, 0.6) is 0 Å². The first kappa shape index (κ1) is 14.4. The SMILES string of the molecule is C=C[C@H](C[C@H](O)c1ccc(F)cc1)c1ccc(F)cc1. The monoisotopic (exact) mass is 274 g/mol. The maximum atomic E-state index is 12.9. The van der Waals surface area contributed by atoms with Crippen molar-refractivity contribution in [3.63, 3.8) is 0 Å². The summed E-state index contributed by atoms with van der Waals surface area (Å²) in [5, 5.41) is 10.2. The summed E-state index contributed by atoms with van der Waals surface area (Å²) in [5.74, 6) is -0.717. The van der Waals surface area contributed by atoms with Gasteiger partial charge in [-0.05, 0) is 41.8 Å². The summed E-state index contributed by atoms with van der Waals surface area (Å²) < 4.78 is 25.8. The van der Waals surface area contributed by atoms with Crippen LogP contribution in [0.2, 0.25) is 0 Å². The van der Waals surface area contributed by atoms with Crippen molar-refractivity contribution < 1.29 is 13.9 Å². The van der Waals surface area contributed by atoms with Crippen molar-refractivity contribution in [2.24, 2.45) is 0 Å². The van der Waals surface area contributed by atoms with Gasteiger partial charge in [-0.25, -0.2) is 8.78 Å². The Hall–Kier alpha value is -2.00. The molecule has 3 heteroatoms. The van der Waals surface area contributed by atoms with Crippen LogP contribution in [0.25, 0.3) is 0 Å². The number of benzene rings is 2. The fourth-order valence-electron chi connectivity index (χ4n) is 2.14. The van der Waals surface area contributed by atoms with Crippen LogP contribution >= 0.6 is 0 Å². The van der Waals surface area contributed by atoms with Gasteiger partial charge in [0.1, 0.15) is 11.6 Å². The van der Waals surface area contributed by atoms with E-state index in [9.17, 15) is 13.9 Å². The second kappa shape index (κ2) is 6.44. The number of allylic oxidation sites excluding steroid dienone is 1. The van der Waals surface area contributed by atoms with E-state index in [4.69, 9.17) is 0 Å². The molecule has 0 spiro atoms. The second-order valence-corrected chi connectivity index (χ2v) is 4.70. The van der Waals surface area contributed by atoms with Gasteiger partial charge in [-0.3, -0.25) is 0 Å². The van der Waals surface area contributed by atoms with Crippen LogP contribution < -0.4 is 0 Å². The van der Waals surface area contributed by atoms with Gasteiger partial charge in [-0.1, -0.05) is 30.3 Å². The van der Waals surface area contributed by atoms with Gasteiger partial charge < -0.3 is 5.11 Å². The molecule has 0 aliphatic carbocycles. The van der Waals surface area contributed by atoms with Crippen LogP contribution in [0.4, 0.5) is 8.78 Å². The molecule has 0 radical (unpaired) electrons. The summed E-state index contributed by atoms with van der Waals surface area (Å²) in [6.45, 7) is 3.76. The third kappa shape index (κ3) is 3.52. The first-order chi connectivity index (χ1) is 9.60. The maximum absolute atomic E-state index is 12.9. The Morgan fingerprint density at radius 1 is 0.900 bits per heavy atom. The number of aliphatic hydroxyl groups is 1. The molecule has 0 aromatic heterocycles. The lowest BCUT2D eigenvalue weighted by molar-refractivity contribution is 0.163. The van der Waals surface area contributed by atoms with E-state index >= 15 is 0 Å². The van der Waals surface area contributed by atoms with Crippen LogP contribution in [0.3, 0.4) is 0 Å². The van der Waals surface area contributed by atoms with Crippen LogP contribution in [0.1, 0.15) is 29.6 Å². The van der Waals surface area contributed by atoms with Crippen molar-refractivity contribution >= 4 is 0 Å². The third-order valence-corrected chi connectivity index (χ3v) is 3.31. The van der Waals surface area contributed by atoms with Gasteiger partial charge in [0.05, 0.1) is 6.10 Å². The van der Waals surface area contributed by atoms with Gasteiger partial charge in [-0.2, -0.15) is 0 Å². The Kier molecular flexibility index (Phi) is 4.64. The highest BCUT2D eigenvalue weighted by Crippen LogP contribution is 2.29. The lowest BCUT2D eigenvalue weighted by Gasteiger charge is -2.18. The zero-order valence-electron chi connectivity index (χ0n) is 11.0. The maximum Gasteiger partial charge on any atom is 0.123 e. The molecule has 0 fully saturated rings. The number of rotatable bonds is 5. The summed E-state index contributed by atoms with van der Waals surface area (Å²) >= 11 is 0. The Morgan fingerprint density at radius 3 is 1.80 bits per heavy atom. The predicted octanol–water partition coefficient (Wildman–Crippen LogP) is 4.36. The second-order valence-electron chi connectivity index (χ2n) is 4.70. The molecule has 0 saturated heterocycles. The standard InChI is InChI=1S/C17H16F2O/c1-2-12(13-3-7-15(18)8-4-13)11-17(20)14-5-9-16(19)10-6-14/h2-10,12,17,20H,1,11H2/t12-,17+/m1/s1. The lowest BCUT2D eigenvalue weighted by atomic mass is 9.91. The molecule has 20 heavy (non-hydrogen) atoms. The van der Waals surface area contributed by atoms with Crippen LogP contribution in [0.15, 0.2) is 61.2 Å². The molecular formula is C17H16F2O. The highest BCUT2D eigenvalue weighted by molar-refractivity contribution is 5.26. The summed E-state index contributed by atoms with van der Waals surface area (Å²) in [6, 6.07) is 11.9. The zero-order valence-corrected chi connectivity index (χ0v) is 11.0. The number of aliphatic hydroxyl groups excluding tert-OH is 1. The van der Waals surface area contributed by atoms with Gasteiger partial charge in [-0.15, -0.1) is 6.58 Å². The lowest BCUT2D eigenvalue weighted by Crippen LogP contribution is -2.04. The first-order valence-corrected chi connectivity index (χ1v) is 6.41. The fourth-order valence-corrected chi connectivity index (χ4v) is 2.14.